The molecule has 0 amide bonds. The van der Waals surface area contributed by atoms with Crippen molar-refractivity contribution in [3.05, 3.63) is 70.4 Å². The zero-order chi connectivity index (χ0) is 19.1. The van der Waals surface area contributed by atoms with Crippen LogP contribution in [-0.2, 0) is 5.60 Å². The summed E-state index contributed by atoms with van der Waals surface area (Å²) in [5, 5.41) is 16.4. The molecule has 0 fully saturated rings. The Labute approximate surface area is 168 Å². The molecular formula is C20H15N5OS2. The van der Waals surface area contributed by atoms with Crippen LogP contribution in [-0.4, -0.2) is 30.0 Å². The first-order valence-electron chi connectivity index (χ1n) is 8.60. The minimum Gasteiger partial charge on any atom is -0.378 e. The van der Waals surface area contributed by atoms with Crippen molar-refractivity contribution in [2.45, 2.75) is 12.5 Å². The van der Waals surface area contributed by atoms with Gasteiger partial charge in [0.2, 0.25) is 0 Å². The van der Waals surface area contributed by atoms with Crippen molar-refractivity contribution >= 4 is 33.8 Å². The topological polar surface area (TPSA) is 87.6 Å². The van der Waals surface area contributed by atoms with E-state index in [0.717, 1.165) is 38.6 Å². The highest BCUT2D eigenvalue weighted by Gasteiger charge is 2.28. The van der Waals surface area contributed by atoms with Crippen molar-refractivity contribution in [3.8, 4) is 21.8 Å². The number of fused-ring (bicyclic) bond motifs is 1. The van der Waals surface area contributed by atoms with E-state index in [4.69, 9.17) is 4.98 Å². The van der Waals surface area contributed by atoms with Gasteiger partial charge in [-0.25, -0.2) is 15.0 Å². The van der Waals surface area contributed by atoms with Gasteiger partial charge in [-0.1, -0.05) is 18.2 Å². The lowest BCUT2D eigenvalue weighted by atomic mass is 9.94. The van der Waals surface area contributed by atoms with E-state index in [0.29, 0.717) is 5.01 Å². The summed E-state index contributed by atoms with van der Waals surface area (Å²) >= 11 is 3.00. The van der Waals surface area contributed by atoms with Crippen LogP contribution < -0.4 is 0 Å². The number of benzene rings is 1. The van der Waals surface area contributed by atoms with Crippen molar-refractivity contribution < 1.29 is 5.11 Å². The number of H-pyrrole nitrogens is 1. The Morgan fingerprint density at radius 1 is 1.07 bits per heavy atom. The fourth-order valence-corrected chi connectivity index (χ4v) is 4.68. The Morgan fingerprint density at radius 3 is 2.82 bits per heavy atom. The number of aliphatic hydroxyl groups is 1. The summed E-state index contributed by atoms with van der Waals surface area (Å²) in [6.45, 7) is 1.77. The molecule has 2 N–H and O–H groups in total. The summed E-state index contributed by atoms with van der Waals surface area (Å²) < 4.78 is 0. The fraction of sp³-hybridized carbons (Fsp3) is 0.100. The molecule has 1 atom stereocenters. The average molecular weight is 406 g/mol. The van der Waals surface area contributed by atoms with E-state index in [1.165, 1.54) is 11.3 Å². The number of nitrogens with one attached hydrogen (secondary N) is 1. The molecule has 138 valence electrons. The Bertz CT molecular complexity index is 1260. The van der Waals surface area contributed by atoms with Crippen LogP contribution >= 0.6 is 22.7 Å². The van der Waals surface area contributed by atoms with E-state index in [9.17, 15) is 5.11 Å². The number of aromatic nitrogens is 5. The first kappa shape index (κ1) is 17.2. The Balaban J connectivity index is 1.53. The molecule has 1 aromatic carbocycles. The number of hydrogen-bond donors (Lipinski definition) is 2. The number of thiazole rings is 2. The predicted molar refractivity (Wildman–Crippen MR) is 111 cm³/mol. The van der Waals surface area contributed by atoms with Gasteiger partial charge < -0.3 is 10.1 Å². The van der Waals surface area contributed by atoms with Crippen LogP contribution in [0.5, 0.6) is 0 Å². The van der Waals surface area contributed by atoms with Crippen LogP contribution in [0.15, 0.2) is 59.8 Å². The summed E-state index contributed by atoms with van der Waals surface area (Å²) in [6.07, 6.45) is 6.93. The van der Waals surface area contributed by atoms with Crippen LogP contribution in [0.2, 0.25) is 0 Å². The van der Waals surface area contributed by atoms with Gasteiger partial charge in [-0.2, -0.15) is 0 Å². The van der Waals surface area contributed by atoms with E-state index in [1.54, 1.807) is 36.9 Å². The van der Waals surface area contributed by atoms with Crippen molar-refractivity contribution in [1.82, 2.24) is 24.9 Å². The standard InChI is InChI=1S/C20H15N5OS2/c1-20(26,19-23-7-8-27-19)13-4-2-3-12(9-13)15-11-28-18(25-15)14-10-24-17-16(14)21-5-6-22-17/h2-11,26H,1H3,(H,22,24)/t20-/m0/s1. The van der Waals surface area contributed by atoms with E-state index < -0.39 is 5.60 Å². The first-order chi connectivity index (χ1) is 13.6. The van der Waals surface area contributed by atoms with Crippen molar-refractivity contribution in [3.63, 3.8) is 0 Å². The molecule has 0 aliphatic rings. The highest BCUT2D eigenvalue weighted by molar-refractivity contribution is 7.13. The molecular weight excluding hydrogens is 390 g/mol. The summed E-state index contributed by atoms with van der Waals surface area (Å²) in [7, 11) is 0. The Morgan fingerprint density at radius 2 is 1.96 bits per heavy atom. The van der Waals surface area contributed by atoms with Crippen LogP contribution in [0.3, 0.4) is 0 Å². The normalized spacial score (nSPS) is 13.6. The highest BCUT2D eigenvalue weighted by Crippen LogP contribution is 2.35. The molecule has 4 heterocycles. The zero-order valence-electron chi connectivity index (χ0n) is 14.8. The lowest BCUT2D eigenvalue weighted by Gasteiger charge is -2.21. The third-order valence-corrected chi connectivity index (χ3v) is 6.47. The molecule has 0 bridgehead atoms. The van der Waals surface area contributed by atoms with Gasteiger partial charge in [0.05, 0.1) is 11.3 Å². The molecule has 8 heteroatoms. The second-order valence-corrected chi connectivity index (χ2v) is 8.24. The molecule has 5 rings (SSSR count). The maximum absolute atomic E-state index is 11.0. The van der Waals surface area contributed by atoms with Gasteiger partial charge in [0.25, 0.3) is 0 Å². The largest absolute Gasteiger partial charge is 0.378 e. The molecule has 0 saturated heterocycles. The average Bonchev–Trinajstić information content (AvgIpc) is 3.48. The molecule has 0 spiro atoms. The molecule has 28 heavy (non-hydrogen) atoms. The number of nitrogens with zero attached hydrogens (tertiary/aromatic N) is 4. The second-order valence-electron chi connectivity index (χ2n) is 6.48. The van der Waals surface area contributed by atoms with Gasteiger partial charge in [0, 0.05) is 41.1 Å². The van der Waals surface area contributed by atoms with Gasteiger partial charge in [-0.05, 0) is 18.6 Å². The molecule has 0 aliphatic heterocycles. The number of hydrogen-bond acceptors (Lipinski definition) is 7. The molecule has 0 saturated carbocycles. The summed E-state index contributed by atoms with van der Waals surface area (Å²) in [5.74, 6) is 0. The molecule has 0 radical (unpaired) electrons. The first-order valence-corrected chi connectivity index (χ1v) is 10.4. The van der Waals surface area contributed by atoms with Crippen molar-refractivity contribution in [1.29, 1.82) is 0 Å². The molecule has 0 aliphatic carbocycles. The smallest absolute Gasteiger partial charge is 0.156 e. The van der Waals surface area contributed by atoms with Crippen LogP contribution in [0.25, 0.3) is 33.0 Å². The zero-order valence-corrected chi connectivity index (χ0v) is 16.5. The second kappa shape index (κ2) is 6.59. The lowest BCUT2D eigenvalue weighted by Crippen LogP contribution is -2.22. The van der Waals surface area contributed by atoms with Gasteiger partial charge in [-0.15, -0.1) is 22.7 Å². The third kappa shape index (κ3) is 2.82. The summed E-state index contributed by atoms with van der Waals surface area (Å²) in [5.41, 5.74) is 3.94. The third-order valence-electron chi connectivity index (χ3n) is 4.61. The lowest BCUT2D eigenvalue weighted by molar-refractivity contribution is 0.102. The monoisotopic (exact) mass is 405 g/mol. The molecule has 5 aromatic rings. The van der Waals surface area contributed by atoms with E-state index in [1.807, 2.05) is 41.2 Å². The molecule has 0 unspecified atom stereocenters. The Hall–Kier alpha value is -2.94. The quantitative estimate of drug-likeness (QED) is 0.461. The minimum absolute atomic E-state index is 0.668. The van der Waals surface area contributed by atoms with Crippen molar-refractivity contribution in [2.24, 2.45) is 0 Å². The number of aromatic amines is 1. The number of rotatable bonds is 4. The summed E-state index contributed by atoms with van der Waals surface area (Å²) in [4.78, 5) is 20.9. The molecule has 4 aromatic heterocycles. The van der Waals surface area contributed by atoms with Gasteiger partial charge in [0.1, 0.15) is 21.1 Å². The Kier molecular flexibility index (Phi) is 4.04. The van der Waals surface area contributed by atoms with Gasteiger partial charge in [-0.3, -0.25) is 4.98 Å². The maximum Gasteiger partial charge on any atom is 0.156 e. The predicted octanol–water partition coefficient (Wildman–Crippen LogP) is 4.46. The van der Waals surface area contributed by atoms with Gasteiger partial charge in [0.15, 0.2) is 5.65 Å². The fourth-order valence-electron chi connectivity index (χ4n) is 3.11. The highest BCUT2D eigenvalue weighted by atomic mass is 32.1. The SMILES string of the molecule is C[C@](O)(c1cccc(-c2csc(-c3c[nH]c4nccnc34)n2)c1)c1nccs1. The van der Waals surface area contributed by atoms with Crippen LogP contribution in [0.1, 0.15) is 17.5 Å². The van der Waals surface area contributed by atoms with E-state index in [2.05, 4.69) is 19.9 Å². The van der Waals surface area contributed by atoms with E-state index >= 15 is 0 Å². The summed E-state index contributed by atoms with van der Waals surface area (Å²) in [6, 6.07) is 7.81. The molecule has 6 nitrogen and oxygen atoms in total. The van der Waals surface area contributed by atoms with Crippen LogP contribution in [0, 0.1) is 0 Å². The van der Waals surface area contributed by atoms with E-state index in [-0.39, 0.29) is 0 Å². The van der Waals surface area contributed by atoms with Crippen LogP contribution in [0.4, 0.5) is 0 Å². The minimum atomic E-state index is -1.14. The maximum atomic E-state index is 11.0. The van der Waals surface area contributed by atoms with Gasteiger partial charge >= 0.3 is 0 Å². The van der Waals surface area contributed by atoms with Crippen molar-refractivity contribution in [2.75, 3.05) is 0 Å².